The van der Waals surface area contributed by atoms with Crippen LogP contribution in [-0.2, 0) is 4.74 Å². The fourth-order valence-corrected chi connectivity index (χ4v) is 4.92. The summed E-state index contributed by atoms with van der Waals surface area (Å²) in [6, 6.07) is 10.6. The number of H-pyrrole nitrogens is 1. The van der Waals surface area contributed by atoms with Gasteiger partial charge in [0.25, 0.3) is 0 Å². The molecule has 146 valence electrons. The summed E-state index contributed by atoms with van der Waals surface area (Å²) in [5.74, 6) is 0.852. The van der Waals surface area contributed by atoms with Crippen molar-refractivity contribution in [3.8, 4) is 0 Å². The number of benzene rings is 2. The van der Waals surface area contributed by atoms with Gasteiger partial charge in [0.1, 0.15) is 11.4 Å². The zero-order valence-electron chi connectivity index (χ0n) is 16.5. The van der Waals surface area contributed by atoms with Gasteiger partial charge in [-0.2, -0.15) is 0 Å². The number of nitrogens with zero attached hydrogens (tertiary/aromatic N) is 2. The third-order valence-electron chi connectivity index (χ3n) is 6.00. The molecule has 1 N–H and O–H groups in total. The van der Waals surface area contributed by atoms with E-state index in [1.807, 2.05) is 31.7 Å². The van der Waals surface area contributed by atoms with Crippen LogP contribution >= 0.6 is 15.9 Å². The number of halogens is 1. The normalized spacial score (nSPS) is 26.7. The number of hydrogen-bond acceptors (Lipinski definition) is 3. The van der Waals surface area contributed by atoms with E-state index in [0.717, 1.165) is 44.9 Å². The summed E-state index contributed by atoms with van der Waals surface area (Å²) in [4.78, 5) is 23.3. The van der Waals surface area contributed by atoms with E-state index in [9.17, 15) is 4.79 Å². The van der Waals surface area contributed by atoms with Crippen molar-refractivity contribution >= 4 is 43.8 Å². The van der Waals surface area contributed by atoms with Crippen LogP contribution in [0.2, 0.25) is 0 Å². The molecule has 0 radical (unpaired) electrons. The number of ether oxygens (including phenoxy) is 1. The molecular formula is C22H24BrN3O2. The maximum Gasteiger partial charge on any atom is 0.411 e. The number of carbonyl (C=O) groups is 1. The van der Waals surface area contributed by atoms with E-state index in [2.05, 4.69) is 52.1 Å². The van der Waals surface area contributed by atoms with Crippen LogP contribution in [0.15, 0.2) is 34.8 Å². The van der Waals surface area contributed by atoms with Gasteiger partial charge in [0.2, 0.25) is 0 Å². The van der Waals surface area contributed by atoms with Gasteiger partial charge in [-0.25, -0.2) is 9.78 Å². The monoisotopic (exact) mass is 441 g/mol. The van der Waals surface area contributed by atoms with E-state index in [1.165, 1.54) is 0 Å². The highest BCUT2D eigenvalue weighted by molar-refractivity contribution is 9.10. The van der Waals surface area contributed by atoms with Crippen LogP contribution in [0.4, 0.5) is 4.79 Å². The van der Waals surface area contributed by atoms with Gasteiger partial charge in [-0.15, -0.1) is 0 Å². The Morgan fingerprint density at radius 2 is 2.07 bits per heavy atom. The highest BCUT2D eigenvalue weighted by Gasteiger charge is 2.64. The maximum absolute atomic E-state index is 12.9. The average Bonchev–Trinajstić information content (AvgIpc) is 2.97. The first-order valence-electron chi connectivity index (χ1n) is 9.74. The molecule has 1 aliphatic heterocycles. The Bertz CT molecular complexity index is 1120. The molecule has 6 heteroatoms. The molecular weight excluding hydrogens is 418 g/mol. The molecule has 0 bridgehead atoms. The second kappa shape index (κ2) is 5.72. The van der Waals surface area contributed by atoms with Crippen molar-refractivity contribution < 1.29 is 9.53 Å². The average molecular weight is 442 g/mol. The zero-order valence-corrected chi connectivity index (χ0v) is 18.1. The number of amides is 1. The van der Waals surface area contributed by atoms with Crippen LogP contribution in [0.25, 0.3) is 21.8 Å². The quantitative estimate of drug-likeness (QED) is 0.508. The third kappa shape index (κ3) is 2.81. The Hall–Kier alpha value is -2.08. The highest BCUT2D eigenvalue weighted by atomic mass is 79.9. The third-order valence-corrected chi connectivity index (χ3v) is 6.50. The number of rotatable bonds is 1. The van der Waals surface area contributed by atoms with Crippen molar-refractivity contribution in [2.24, 2.45) is 5.41 Å². The van der Waals surface area contributed by atoms with E-state index in [4.69, 9.17) is 9.72 Å². The van der Waals surface area contributed by atoms with Crippen LogP contribution < -0.4 is 0 Å². The lowest BCUT2D eigenvalue weighted by atomic mass is 10.0. The molecule has 1 aliphatic carbocycles. The fraction of sp³-hybridized carbons (Fsp3) is 0.455. The first-order valence-corrected chi connectivity index (χ1v) is 10.5. The predicted octanol–water partition coefficient (Wildman–Crippen LogP) is 5.94. The van der Waals surface area contributed by atoms with Crippen LogP contribution in [0.5, 0.6) is 0 Å². The van der Waals surface area contributed by atoms with E-state index in [-0.39, 0.29) is 23.6 Å². The molecule has 3 aromatic rings. The summed E-state index contributed by atoms with van der Waals surface area (Å²) in [6.45, 7) is 7.99. The van der Waals surface area contributed by atoms with E-state index >= 15 is 0 Å². The summed E-state index contributed by atoms with van der Waals surface area (Å²) >= 11 is 3.53. The summed E-state index contributed by atoms with van der Waals surface area (Å²) < 4.78 is 6.76. The summed E-state index contributed by atoms with van der Waals surface area (Å²) in [7, 11) is 0. The molecule has 28 heavy (non-hydrogen) atoms. The first-order chi connectivity index (χ1) is 13.1. The number of piperidine rings is 1. The lowest BCUT2D eigenvalue weighted by Crippen LogP contribution is -2.38. The van der Waals surface area contributed by atoms with Gasteiger partial charge < -0.3 is 9.72 Å². The first kappa shape index (κ1) is 18.0. The Labute approximate surface area is 172 Å². The van der Waals surface area contributed by atoms with Gasteiger partial charge in [0.05, 0.1) is 17.1 Å². The Kier molecular flexibility index (Phi) is 3.67. The molecule has 3 unspecified atom stereocenters. The van der Waals surface area contributed by atoms with E-state index in [0.29, 0.717) is 0 Å². The van der Waals surface area contributed by atoms with Gasteiger partial charge in [-0.3, -0.25) is 4.90 Å². The SMILES string of the molecule is CC(C)(C)OC(=O)N1C(c2nc3c(ccc4cc(Br)ccc43)[nH]2)CC2(C)CC12. The topological polar surface area (TPSA) is 58.2 Å². The standard InChI is InChI=1S/C22H24BrN3O2/c1-21(2,3)28-20(27)26-16(10-22(4)11-17(22)26)19-24-15-8-5-12-9-13(23)6-7-14(12)18(15)25-19/h5-9,16-17H,10-11H2,1-4H3,(H,24,25). The zero-order chi connectivity index (χ0) is 19.8. The molecule has 2 aliphatic rings. The number of carbonyl (C=O) groups excluding carboxylic acids is 1. The highest BCUT2D eigenvalue weighted by Crippen LogP contribution is 2.63. The molecule has 3 atom stereocenters. The van der Waals surface area contributed by atoms with Gasteiger partial charge >= 0.3 is 6.09 Å². The van der Waals surface area contributed by atoms with Gasteiger partial charge in [0.15, 0.2) is 0 Å². The van der Waals surface area contributed by atoms with Crippen LogP contribution in [-0.4, -0.2) is 32.6 Å². The van der Waals surface area contributed by atoms with E-state index in [1.54, 1.807) is 0 Å². The molecule has 1 saturated heterocycles. The number of fused-ring (bicyclic) bond motifs is 4. The Morgan fingerprint density at radius 1 is 1.29 bits per heavy atom. The molecule has 5 nitrogen and oxygen atoms in total. The van der Waals surface area contributed by atoms with Gasteiger partial charge in [-0.05, 0) is 62.6 Å². The Balaban J connectivity index is 1.56. The smallest absolute Gasteiger partial charge is 0.411 e. The maximum atomic E-state index is 12.9. The molecule has 2 heterocycles. The van der Waals surface area contributed by atoms with Crippen LogP contribution in [0.1, 0.15) is 52.4 Å². The minimum atomic E-state index is -0.507. The molecule has 1 saturated carbocycles. The fourth-order valence-electron chi connectivity index (χ4n) is 4.54. The Morgan fingerprint density at radius 3 is 2.82 bits per heavy atom. The van der Waals surface area contributed by atoms with Crippen molar-refractivity contribution in [3.05, 3.63) is 40.6 Å². The lowest BCUT2D eigenvalue weighted by molar-refractivity contribution is 0.0175. The molecule has 5 rings (SSSR count). The molecule has 1 aromatic heterocycles. The van der Waals surface area contributed by atoms with Crippen molar-refractivity contribution in [3.63, 3.8) is 0 Å². The summed E-state index contributed by atoms with van der Waals surface area (Å²) in [6.07, 6.45) is 1.72. The number of hydrogen-bond donors (Lipinski definition) is 1. The number of aromatic amines is 1. The molecule has 2 aromatic carbocycles. The largest absolute Gasteiger partial charge is 0.444 e. The molecule has 1 amide bonds. The minimum absolute atomic E-state index is 0.0727. The summed E-state index contributed by atoms with van der Waals surface area (Å²) in [5, 5.41) is 2.26. The number of nitrogens with one attached hydrogen (secondary N) is 1. The predicted molar refractivity (Wildman–Crippen MR) is 113 cm³/mol. The molecule has 0 spiro atoms. The lowest BCUT2D eigenvalue weighted by Gasteiger charge is -2.29. The second-order valence-electron chi connectivity index (χ2n) is 9.43. The van der Waals surface area contributed by atoms with Crippen molar-refractivity contribution in [2.75, 3.05) is 0 Å². The minimum Gasteiger partial charge on any atom is -0.444 e. The van der Waals surface area contributed by atoms with E-state index < -0.39 is 5.60 Å². The van der Waals surface area contributed by atoms with Gasteiger partial charge in [0, 0.05) is 15.9 Å². The number of aromatic nitrogens is 2. The van der Waals surface area contributed by atoms with Crippen molar-refractivity contribution in [1.82, 2.24) is 14.9 Å². The number of imidazole rings is 1. The van der Waals surface area contributed by atoms with Crippen LogP contribution in [0.3, 0.4) is 0 Å². The second-order valence-corrected chi connectivity index (χ2v) is 10.3. The van der Waals surface area contributed by atoms with Crippen LogP contribution in [0, 0.1) is 5.41 Å². The van der Waals surface area contributed by atoms with Crippen molar-refractivity contribution in [2.45, 2.75) is 58.2 Å². The van der Waals surface area contributed by atoms with Crippen molar-refractivity contribution in [1.29, 1.82) is 0 Å². The number of likely N-dealkylation sites (tertiary alicyclic amines) is 1. The van der Waals surface area contributed by atoms with Gasteiger partial charge in [-0.1, -0.05) is 35.0 Å². The molecule has 2 fully saturated rings. The summed E-state index contributed by atoms with van der Waals surface area (Å²) in [5.41, 5.74) is 1.62.